The first-order valence-corrected chi connectivity index (χ1v) is 7.78. The Morgan fingerprint density at radius 1 is 1.14 bits per heavy atom. The lowest BCUT2D eigenvalue weighted by Crippen LogP contribution is -2.11. The van der Waals surface area contributed by atoms with E-state index in [0.717, 1.165) is 17.8 Å². The summed E-state index contributed by atoms with van der Waals surface area (Å²) in [7, 11) is -4.55. The van der Waals surface area contributed by atoms with Crippen molar-refractivity contribution in [3.05, 3.63) is 36.7 Å². The minimum Gasteiger partial charge on any atom is -0.353 e. The van der Waals surface area contributed by atoms with Crippen LogP contribution in [0.3, 0.4) is 0 Å². The molecule has 2 aromatic rings. The molecule has 0 unspecified atom stereocenters. The molecule has 0 fully saturated rings. The molecule has 1 heterocycles. The third kappa shape index (κ3) is 3.38. The topological polar surface area (TPSA) is 64.0 Å². The molecule has 0 spiro atoms. The smallest absolute Gasteiger partial charge is 0.341 e. The number of alkyl halides is 2. The molecular weight excluding hydrogens is 300 g/mol. The lowest BCUT2D eigenvalue weighted by atomic mass is 10.3. The number of aromatic nitrogens is 2. The lowest BCUT2D eigenvalue weighted by Gasteiger charge is -2.06. The van der Waals surface area contributed by atoms with Gasteiger partial charge in [-0.2, -0.15) is 13.9 Å². The number of benzene rings is 1. The monoisotopic (exact) mass is 315 g/mol. The first kappa shape index (κ1) is 15.4. The molecule has 0 atom stereocenters. The molecule has 21 heavy (non-hydrogen) atoms. The van der Waals surface area contributed by atoms with Gasteiger partial charge in [0.25, 0.3) is 0 Å². The van der Waals surface area contributed by atoms with E-state index >= 15 is 0 Å². The van der Waals surface area contributed by atoms with Crippen LogP contribution in [0.5, 0.6) is 0 Å². The molecule has 0 aliphatic heterocycles. The minimum absolute atomic E-state index is 0.221. The number of sulfone groups is 1. The zero-order chi connectivity index (χ0) is 15.6. The highest BCUT2D eigenvalue weighted by molar-refractivity contribution is 7.91. The molecule has 0 aliphatic rings. The number of hydrogen-bond donors (Lipinski definition) is 1. The van der Waals surface area contributed by atoms with E-state index in [9.17, 15) is 17.2 Å². The summed E-state index contributed by atoms with van der Waals surface area (Å²) in [6.45, 7) is 3.97. The maximum atomic E-state index is 12.4. The Morgan fingerprint density at radius 3 is 2.24 bits per heavy atom. The van der Waals surface area contributed by atoms with Gasteiger partial charge < -0.3 is 5.32 Å². The van der Waals surface area contributed by atoms with Gasteiger partial charge in [0.15, 0.2) is 0 Å². The van der Waals surface area contributed by atoms with Crippen LogP contribution in [0.25, 0.3) is 0 Å². The summed E-state index contributed by atoms with van der Waals surface area (Å²) in [5.74, 6) is -3.42. The van der Waals surface area contributed by atoms with Crippen molar-refractivity contribution in [2.75, 3.05) is 5.32 Å². The first-order valence-electron chi connectivity index (χ1n) is 6.24. The van der Waals surface area contributed by atoms with E-state index in [4.69, 9.17) is 0 Å². The molecule has 0 bridgehead atoms. The SMILES string of the molecule is CC(C)n1cc(Nc2ccc(S(=O)(=O)C(F)F)cc2)cn1. The van der Waals surface area contributed by atoms with Crippen molar-refractivity contribution in [2.45, 2.75) is 30.5 Å². The van der Waals surface area contributed by atoms with Crippen LogP contribution in [0.15, 0.2) is 41.6 Å². The summed E-state index contributed by atoms with van der Waals surface area (Å²) in [5, 5.41) is 7.17. The largest absolute Gasteiger partial charge is 0.353 e. The van der Waals surface area contributed by atoms with Crippen LogP contribution < -0.4 is 5.32 Å². The molecule has 8 heteroatoms. The second kappa shape index (κ2) is 5.80. The van der Waals surface area contributed by atoms with Crippen LogP contribution in [0.2, 0.25) is 0 Å². The van der Waals surface area contributed by atoms with Crippen molar-refractivity contribution in [1.82, 2.24) is 9.78 Å². The number of nitrogens with one attached hydrogen (secondary N) is 1. The second-order valence-corrected chi connectivity index (χ2v) is 6.68. The summed E-state index contributed by atoms with van der Waals surface area (Å²) < 4.78 is 49.2. The van der Waals surface area contributed by atoms with Crippen LogP contribution >= 0.6 is 0 Å². The molecule has 2 rings (SSSR count). The van der Waals surface area contributed by atoms with Crippen LogP contribution in [0.4, 0.5) is 20.2 Å². The molecule has 1 N–H and O–H groups in total. The molecule has 5 nitrogen and oxygen atoms in total. The highest BCUT2D eigenvalue weighted by Gasteiger charge is 2.26. The van der Waals surface area contributed by atoms with E-state index in [1.54, 1.807) is 17.1 Å². The van der Waals surface area contributed by atoms with E-state index in [1.165, 1.54) is 12.1 Å². The second-order valence-electron chi connectivity index (χ2n) is 4.76. The van der Waals surface area contributed by atoms with Gasteiger partial charge in [-0.3, -0.25) is 4.68 Å². The first-order chi connectivity index (χ1) is 9.80. The molecule has 1 aromatic carbocycles. The van der Waals surface area contributed by atoms with Crippen molar-refractivity contribution >= 4 is 21.2 Å². The predicted molar refractivity (Wildman–Crippen MR) is 75.5 cm³/mol. The molecular formula is C13H15F2N3O2S. The molecule has 0 saturated carbocycles. The average Bonchev–Trinajstić information content (AvgIpc) is 2.88. The Bertz CT molecular complexity index is 709. The number of anilines is 2. The van der Waals surface area contributed by atoms with Crippen LogP contribution in [-0.2, 0) is 9.84 Å². The number of rotatable bonds is 5. The van der Waals surface area contributed by atoms with E-state index < -0.39 is 20.5 Å². The normalized spacial score (nSPS) is 12.1. The fourth-order valence-electron chi connectivity index (χ4n) is 1.68. The van der Waals surface area contributed by atoms with Gasteiger partial charge in [-0.1, -0.05) is 0 Å². The summed E-state index contributed by atoms with van der Waals surface area (Å²) >= 11 is 0. The van der Waals surface area contributed by atoms with Gasteiger partial charge in [0.1, 0.15) is 0 Å². The summed E-state index contributed by atoms with van der Waals surface area (Å²) in [4.78, 5) is -0.402. The van der Waals surface area contributed by atoms with Gasteiger partial charge in [-0.25, -0.2) is 8.42 Å². The van der Waals surface area contributed by atoms with E-state index in [2.05, 4.69) is 10.4 Å². The van der Waals surface area contributed by atoms with Crippen molar-refractivity contribution in [2.24, 2.45) is 0 Å². The maximum Gasteiger partial charge on any atom is 0.341 e. The van der Waals surface area contributed by atoms with Crippen molar-refractivity contribution in [3.63, 3.8) is 0 Å². The summed E-state index contributed by atoms with van der Waals surface area (Å²) in [5.41, 5.74) is 1.32. The van der Waals surface area contributed by atoms with Gasteiger partial charge in [0.05, 0.1) is 16.8 Å². The molecule has 0 aliphatic carbocycles. The molecule has 0 saturated heterocycles. The molecule has 114 valence electrons. The number of hydrogen-bond acceptors (Lipinski definition) is 4. The standard InChI is InChI=1S/C13H15F2N3O2S/c1-9(2)18-8-11(7-16-18)17-10-3-5-12(6-4-10)21(19,20)13(14)15/h3-9,13,17H,1-2H3. The Morgan fingerprint density at radius 2 is 1.76 bits per heavy atom. The molecule has 0 radical (unpaired) electrons. The third-order valence-corrected chi connectivity index (χ3v) is 4.24. The van der Waals surface area contributed by atoms with Gasteiger partial charge in [-0.15, -0.1) is 0 Å². The van der Waals surface area contributed by atoms with Crippen molar-refractivity contribution in [3.8, 4) is 0 Å². The van der Waals surface area contributed by atoms with Gasteiger partial charge >= 0.3 is 5.76 Å². The van der Waals surface area contributed by atoms with Gasteiger partial charge in [-0.05, 0) is 38.1 Å². The van der Waals surface area contributed by atoms with Crippen LogP contribution in [-0.4, -0.2) is 24.0 Å². The Hall–Kier alpha value is -1.96. The third-order valence-electron chi connectivity index (χ3n) is 2.84. The highest BCUT2D eigenvalue weighted by Crippen LogP contribution is 2.22. The molecule has 1 aromatic heterocycles. The van der Waals surface area contributed by atoms with Crippen molar-refractivity contribution < 1.29 is 17.2 Å². The molecule has 0 amide bonds. The average molecular weight is 315 g/mol. The Kier molecular flexibility index (Phi) is 4.26. The summed E-state index contributed by atoms with van der Waals surface area (Å²) in [6.07, 6.45) is 3.43. The predicted octanol–water partition coefficient (Wildman–Crippen LogP) is 3.20. The van der Waals surface area contributed by atoms with Crippen molar-refractivity contribution in [1.29, 1.82) is 0 Å². The van der Waals surface area contributed by atoms with E-state index in [1.807, 2.05) is 13.8 Å². The van der Waals surface area contributed by atoms with Crippen LogP contribution in [0.1, 0.15) is 19.9 Å². The Labute approximate surface area is 121 Å². The summed E-state index contributed by atoms with van der Waals surface area (Å²) in [6, 6.07) is 5.39. The Balaban J connectivity index is 2.16. The zero-order valence-corrected chi connectivity index (χ0v) is 12.3. The number of nitrogens with zero attached hydrogens (tertiary/aromatic N) is 2. The maximum absolute atomic E-state index is 12.4. The minimum atomic E-state index is -4.55. The quantitative estimate of drug-likeness (QED) is 0.920. The van der Waals surface area contributed by atoms with E-state index in [0.29, 0.717) is 5.69 Å². The van der Waals surface area contributed by atoms with E-state index in [-0.39, 0.29) is 6.04 Å². The zero-order valence-electron chi connectivity index (χ0n) is 11.5. The van der Waals surface area contributed by atoms with Gasteiger partial charge in [0.2, 0.25) is 9.84 Å². The van der Waals surface area contributed by atoms with Gasteiger partial charge in [0, 0.05) is 17.9 Å². The lowest BCUT2D eigenvalue weighted by molar-refractivity contribution is 0.234. The fraction of sp³-hybridized carbons (Fsp3) is 0.308. The fourth-order valence-corrected chi connectivity index (χ4v) is 2.40. The number of halogens is 2. The van der Waals surface area contributed by atoms with Crippen LogP contribution in [0, 0.1) is 0 Å². The highest BCUT2D eigenvalue weighted by atomic mass is 32.2.